The van der Waals surface area contributed by atoms with Gasteiger partial charge in [-0.05, 0) is 0 Å². The van der Waals surface area contributed by atoms with Gasteiger partial charge in [0.05, 0.1) is 0 Å². The molecular weight excluding hydrogens is 132 g/mol. The molecule has 1 amide bonds. The van der Waals surface area contributed by atoms with Gasteiger partial charge in [0.15, 0.2) is 0 Å². The molecule has 3 aliphatic rings. The van der Waals surface area contributed by atoms with E-state index in [1.165, 1.54) is 0 Å². The maximum atomic E-state index is 10.3. The van der Waals surface area contributed by atoms with E-state index in [1.807, 2.05) is 0 Å². The maximum absolute atomic E-state index is 10.3. The maximum Gasteiger partial charge on any atom is 0.405 e. The highest BCUT2D eigenvalue weighted by molar-refractivity contribution is 5.66. The Morgan fingerprint density at radius 2 is 1.90 bits per heavy atom. The molecule has 4 nitrogen and oxygen atoms in total. The summed E-state index contributed by atoms with van der Waals surface area (Å²) in [5.41, 5.74) is 10.3. The third kappa shape index (κ3) is 0.568. The van der Waals surface area contributed by atoms with E-state index >= 15 is 0 Å². The molecule has 3 saturated carbocycles. The molecule has 0 unspecified atom stereocenters. The molecule has 4 N–H and O–H groups in total. The molecule has 0 aromatic carbocycles. The van der Waals surface area contributed by atoms with Crippen molar-refractivity contribution in [1.82, 2.24) is 0 Å². The molecule has 0 aromatic rings. The molecule has 0 aromatic heterocycles. The Hall–Kier alpha value is -0.770. The van der Waals surface area contributed by atoms with Gasteiger partial charge in [-0.15, -0.1) is 0 Å². The molecule has 0 heterocycles. The van der Waals surface area contributed by atoms with E-state index in [1.54, 1.807) is 0 Å². The monoisotopic (exact) mass is 142 g/mol. The topological polar surface area (TPSA) is 78.3 Å². The predicted octanol–water partition coefficient (Wildman–Crippen LogP) is -0.284. The average molecular weight is 142 g/mol. The Morgan fingerprint density at radius 3 is 2.20 bits per heavy atom. The molecule has 4 heteroatoms. The van der Waals surface area contributed by atoms with Gasteiger partial charge in [-0.1, -0.05) is 0 Å². The van der Waals surface area contributed by atoms with E-state index in [0.717, 1.165) is 19.3 Å². The number of nitrogens with two attached hydrogens (primary N) is 2. The Bertz CT molecular complexity index is 182. The highest BCUT2D eigenvalue weighted by Gasteiger charge is 2.68. The van der Waals surface area contributed by atoms with Crippen molar-refractivity contribution < 1.29 is 9.53 Å². The van der Waals surface area contributed by atoms with Crippen molar-refractivity contribution in [3.63, 3.8) is 0 Å². The van der Waals surface area contributed by atoms with Crippen LogP contribution in [0.2, 0.25) is 0 Å². The first-order valence-electron chi connectivity index (χ1n) is 3.31. The summed E-state index contributed by atoms with van der Waals surface area (Å²) in [4.78, 5) is 10.3. The average Bonchev–Trinajstić information content (AvgIpc) is 1.56. The molecule has 0 atom stereocenters. The molecule has 0 saturated heterocycles. The zero-order chi connectivity index (χ0) is 7.41. The van der Waals surface area contributed by atoms with Crippen molar-refractivity contribution in [2.45, 2.75) is 30.4 Å². The lowest BCUT2D eigenvalue weighted by molar-refractivity contribution is -0.202. The summed E-state index contributed by atoms with van der Waals surface area (Å²) in [5, 5.41) is 0. The Morgan fingerprint density at radius 1 is 1.40 bits per heavy atom. The number of rotatable bonds is 1. The smallest absolute Gasteiger partial charge is 0.405 e. The lowest BCUT2D eigenvalue weighted by atomic mass is 9.47. The van der Waals surface area contributed by atoms with Crippen molar-refractivity contribution in [2.24, 2.45) is 11.5 Å². The van der Waals surface area contributed by atoms with E-state index in [-0.39, 0.29) is 11.1 Å². The Labute approximate surface area is 58.5 Å². The first kappa shape index (κ1) is 5.97. The van der Waals surface area contributed by atoms with Gasteiger partial charge >= 0.3 is 6.09 Å². The summed E-state index contributed by atoms with van der Waals surface area (Å²) in [5.74, 6) is 0. The lowest BCUT2D eigenvalue weighted by Crippen LogP contribution is -2.78. The van der Waals surface area contributed by atoms with Gasteiger partial charge in [0, 0.05) is 24.8 Å². The van der Waals surface area contributed by atoms with Crippen molar-refractivity contribution in [1.29, 1.82) is 0 Å². The van der Waals surface area contributed by atoms with Crippen LogP contribution in [0.5, 0.6) is 0 Å². The minimum atomic E-state index is -0.679. The zero-order valence-electron chi connectivity index (χ0n) is 5.59. The molecule has 3 fully saturated rings. The van der Waals surface area contributed by atoms with Crippen LogP contribution < -0.4 is 11.5 Å². The Balaban J connectivity index is 1.93. The molecule has 56 valence electrons. The Kier molecular flexibility index (Phi) is 0.773. The quantitative estimate of drug-likeness (QED) is 0.528. The predicted molar refractivity (Wildman–Crippen MR) is 34.2 cm³/mol. The number of carbonyl (C=O) groups is 1. The van der Waals surface area contributed by atoms with Gasteiger partial charge in [-0.2, -0.15) is 0 Å². The first-order chi connectivity index (χ1) is 4.54. The van der Waals surface area contributed by atoms with Crippen LogP contribution in [0.25, 0.3) is 0 Å². The van der Waals surface area contributed by atoms with Crippen LogP contribution in [0.15, 0.2) is 0 Å². The van der Waals surface area contributed by atoms with Crippen molar-refractivity contribution in [2.75, 3.05) is 0 Å². The largest absolute Gasteiger partial charge is 0.443 e. The highest BCUT2D eigenvalue weighted by Crippen LogP contribution is 2.60. The van der Waals surface area contributed by atoms with Gasteiger partial charge in [0.1, 0.15) is 5.60 Å². The van der Waals surface area contributed by atoms with Gasteiger partial charge in [0.2, 0.25) is 0 Å². The highest BCUT2D eigenvalue weighted by atomic mass is 16.6. The van der Waals surface area contributed by atoms with Crippen molar-refractivity contribution >= 4 is 6.09 Å². The second-order valence-electron chi connectivity index (χ2n) is 3.50. The van der Waals surface area contributed by atoms with Crippen LogP contribution in [0, 0.1) is 0 Å². The molecular formula is C6H10N2O2. The minimum Gasteiger partial charge on any atom is -0.443 e. The fourth-order valence-corrected chi connectivity index (χ4v) is 2.09. The third-order valence-corrected chi connectivity index (χ3v) is 2.34. The number of carbonyl (C=O) groups excluding carboxylic acids is 1. The SMILES string of the molecule is NC(=O)OC12CC(N)(C1)C2. The first-order valence-corrected chi connectivity index (χ1v) is 3.31. The molecule has 0 radical (unpaired) electrons. The molecule has 0 aliphatic heterocycles. The van der Waals surface area contributed by atoms with Gasteiger partial charge in [0.25, 0.3) is 0 Å². The van der Waals surface area contributed by atoms with E-state index in [9.17, 15) is 4.79 Å². The molecule has 3 aliphatic carbocycles. The van der Waals surface area contributed by atoms with Gasteiger partial charge in [-0.25, -0.2) is 4.79 Å². The fraction of sp³-hybridized carbons (Fsp3) is 0.833. The summed E-state index contributed by atoms with van der Waals surface area (Å²) in [6.45, 7) is 0. The van der Waals surface area contributed by atoms with Crippen molar-refractivity contribution in [3.05, 3.63) is 0 Å². The lowest BCUT2D eigenvalue weighted by Gasteiger charge is -2.66. The van der Waals surface area contributed by atoms with Gasteiger partial charge in [-0.3, -0.25) is 0 Å². The second-order valence-corrected chi connectivity index (χ2v) is 3.50. The summed E-state index contributed by atoms with van der Waals surface area (Å²) in [6.07, 6.45) is 1.70. The summed E-state index contributed by atoms with van der Waals surface area (Å²) < 4.78 is 4.86. The molecule has 2 bridgehead atoms. The van der Waals surface area contributed by atoms with Crippen LogP contribution in [0.3, 0.4) is 0 Å². The number of ether oxygens (including phenoxy) is 1. The van der Waals surface area contributed by atoms with E-state index in [0.29, 0.717) is 0 Å². The van der Waals surface area contributed by atoms with E-state index in [4.69, 9.17) is 16.2 Å². The summed E-state index contributed by atoms with van der Waals surface area (Å²) >= 11 is 0. The molecule has 3 rings (SSSR count). The number of hydrogen-bond acceptors (Lipinski definition) is 3. The number of primary amides is 1. The van der Waals surface area contributed by atoms with E-state index in [2.05, 4.69) is 0 Å². The fourth-order valence-electron chi connectivity index (χ4n) is 2.09. The van der Waals surface area contributed by atoms with E-state index < -0.39 is 6.09 Å². The van der Waals surface area contributed by atoms with Crippen LogP contribution in [-0.4, -0.2) is 17.2 Å². The standard InChI is InChI=1S/C6H10N2O2/c7-4(9)10-6-1-5(8,2-6)3-6/h1-3,8H2,(H2,7,9). The second kappa shape index (κ2) is 1.29. The van der Waals surface area contributed by atoms with Crippen LogP contribution in [0.4, 0.5) is 4.79 Å². The van der Waals surface area contributed by atoms with Crippen molar-refractivity contribution in [3.8, 4) is 0 Å². The zero-order valence-corrected chi connectivity index (χ0v) is 5.59. The molecule has 10 heavy (non-hydrogen) atoms. The summed E-state index contributed by atoms with van der Waals surface area (Å²) in [7, 11) is 0. The molecule has 0 spiro atoms. The van der Waals surface area contributed by atoms with Gasteiger partial charge < -0.3 is 16.2 Å². The van der Waals surface area contributed by atoms with Crippen LogP contribution >= 0.6 is 0 Å². The minimum absolute atomic E-state index is 0.0184. The van der Waals surface area contributed by atoms with Crippen LogP contribution in [0.1, 0.15) is 19.3 Å². The normalized spacial score (nSPS) is 48.9. The number of hydrogen-bond donors (Lipinski definition) is 2. The third-order valence-electron chi connectivity index (χ3n) is 2.34. The number of amides is 1. The van der Waals surface area contributed by atoms with Crippen LogP contribution in [-0.2, 0) is 4.74 Å². The summed E-state index contributed by atoms with van der Waals surface area (Å²) in [6, 6.07) is 0.